The predicted octanol–water partition coefficient (Wildman–Crippen LogP) is 4.34. The number of nitrogens with one attached hydrogen (secondary N) is 2. The van der Waals surface area contributed by atoms with Gasteiger partial charge in [0.1, 0.15) is 23.2 Å². The number of guanidine groups is 1. The lowest BCUT2D eigenvalue weighted by Crippen LogP contribution is -2.50. The van der Waals surface area contributed by atoms with Crippen molar-refractivity contribution < 1.29 is 18.7 Å². The van der Waals surface area contributed by atoms with Crippen LogP contribution >= 0.6 is 0 Å². The maximum Gasteiger partial charge on any atom is 0.352 e. The second-order valence-corrected chi connectivity index (χ2v) is 8.57. The Bertz CT molecular complexity index is 1280. The van der Waals surface area contributed by atoms with Gasteiger partial charge in [0.25, 0.3) is 0 Å². The summed E-state index contributed by atoms with van der Waals surface area (Å²) in [6, 6.07) is 17.0. The summed E-state index contributed by atoms with van der Waals surface area (Å²) >= 11 is 0. The van der Waals surface area contributed by atoms with E-state index in [-0.39, 0.29) is 12.4 Å². The van der Waals surface area contributed by atoms with Crippen molar-refractivity contribution in [2.24, 2.45) is 4.99 Å². The highest BCUT2D eigenvalue weighted by Gasteiger charge is 2.30. The Kier molecular flexibility index (Phi) is 8.89. The maximum absolute atomic E-state index is 13.4. The number of rotatable bonds is 11. The molecular weight excluding hydrogens is 487 g/mol. The van der Waals surface area contributed by atoms with Crippen molar-refractivity contribution in [2.75, 3.05) is 32.7 Å². The summed E-state index contributed by atoms with van der Waals surface area (Å²) < 4.78 is 23.8. The quantitative estimate of drug-likeness (QED) is 0.365. The highest BCUT2D eigenvalue weighted by atomic mass is 19.1. The summed E-state index contributed by atoms with van der Waals surface area (Å²) in [7, 11) is 3.26. The summed E-state index contributed by atoms with van der Waals surface area (Å²) in [6.07, 6.45) is 1.71. The zero-order valence-corrected chi connectivity index (χ0v) is 21.5. The summed E-state index contributed by atoms with van der Waals surface area (Å²) in [5.41, 5.74) is 2.64. The van der Waals surface area contributed by atoms with Crippen molar-refractivity contribution in [3.63, 3.8) is 0 Å². The van der Waals surface area contributed by atoms with E-state index in [9.17, 15) is 9.18 Å². The topological polar surface area (TPSA) is 91.3 Å². The van der Waals surface area contributed by atoms with Crippen molar-refractivity contribution in [1.29, 1.82) is 0 Å². The largest absolute Gasteiger partial charge is 0.497 e. The van der Waals surface area contributed by atoms with E-state index >= 15 is 0 Å². The Hall–Kier alpha value is -4.44. The van der Waals surface area contributed by atoms with Gasteiger partial charge in [0.15, 0.2) is 0 Å². The molecule has 0 bridgehead atoms. The number of urea groups is 1. The third-order valence-corrected chi connectivity index (χ3v) is 5.99. The molecule has 2 aromatic carbocycles. The first-order valence-corrected chi connectivity index (χ1v) is 12.1. The Morgan fingerprint density at radius 2 is 1.63 bits per heavy atom. The molecule has 2 N–H and O–H groups in total. The number of benzene rings is 2. The lowest BCUT2D eigenvalue weighted by atomic mass is 10.2. The van der Waals surface area contributed by atoms with Crippen LogP contribution < -0.4 is 15.4 Å². The van der Waals surface area contributed by atoms with E-state index in [2.05, 4.69) is 27.2 Å². The molecule has 0 radical (unpaired) electrons. The number of carbonyl (C=O) groups is 1. The van der Waals surface area contributed by atoms with E-state index in [1.807, 2.05) is 41.3 Å². The third-order valence-electron chi connectivity index (χ3n) is 5.99. The zero-order chi connectivity index (χ0) is 26.9. The van der Waals surface area contributed by atoms with Crippen LogP contribution in [0.25, 0.3) is 0 Å². The monoisotopic (exact) mass is 518 g/mol. The maximum atomic E-state index is 13.4. The van der Waals surface area contributed by atoms with Crippen LogP contribution in [0.4, 0.5) is 15.0 Å². The van der Waals surface area contributed by atoms with Crippen molar-refractivity contribution in [3.05, 3.63) is 102 Å². The smallest absolute Gasteiger partial charge is 0.352 e. The van der Waals surface area contributed by atoms with Crippen molar-refractivity contribution >= 4 is 17.8 Å². The highest BCUT2D eigenvalue weighted by Crippen LogP contribution is 2.24. The minimum atomic E-state index is -0.461. The van der Waals surface area contributed by atoms with Gasteiger partial charge in [0.05, 0.1) is 26.8 Å². The molecule has 0 saturated heterocycles. The highest BCUT2D eigenvalue weighted by molar-refractivity contribution is 5.96. The Labute approximate surface area is 221 Å². The number of amides is 2. The second kappa shape index (κ2) is 12.7. The van der Waals surface area contributed by atoms with Crippen LogP contribution in [-0.2, 0) is 24.4 Å². The van der Waals surface area contributed by atoms with Gasteiger partial charge in [-0.15, -0.1) is 0 Å². The molecule has 0 atom stereocenters. The number of carbonyl (C=O) groups excluding carboxylic acids is 1. The van der Waals surface area contributed by atoms with Gasteiger partial charge in [-0.25, -0.2) is 14.2 Å². The molecule has 198 valence electrons. The van der Waals surface area contributed by atoms with Crippen LogP contribution in [0.5, 0.6) is 5.75 Å². The molecule has 2 heterocycles. The average Bonchev–Trinajstić information content (AvgIpc) is 2.94. The fourth-order valence-electron chi connectivity index (χ4n) is 3.92. The summed E-state index contributed by atoms with van der Waals surface area (Å²) in [5, 5.41) is 6.56. The van der Waals surface area contributed by atoms with Gasteiger partial charge in [0, 0.05) is 32.0 Å². The van der Waals surface area contributed by atoms with E-state index in [4.69, 9.17) is 9.47 Å². The fourth-order valence-corrected chi connectivity index (χ4v) is 3.92. The number of aliphatic imine (C=N–C) groups is 1. The fraction of sp³-hybridized carbons (Fsp3) is 0.250. The summed E-state index contributed by atoms with van der Waals surface area (Å²) in [4.78, 5) is 25.2. The van der Waals surface area contributed by atoms with Crippen LogP contribution in [0.1, 0.15) is 16.7 Å². The van der Waals surface area contributed by atoms with E-state index in [0.717, 1.165) is 28.3 Å². The minimum absolute atomic E-state index is 0.212. The Morgan fingerprint density at radius 3 is 2.32 bits per heavy atom. The first kappa shape index (κ1) is 26.6. The standard InChI is InChI=1S/C28H31FN6O3/c1-20-34(18-22-8-12-25(38-3)13-9-22)27(32-17-23-5-4-14-30-26(23)31-15-16-37-2)33-28(36)35(20)19-21-6-10-24(29)11-7-21/h4-14H,1,15-19H2,2-3H3,(H,30,31)(H,32,33,36). The van der Waals surface area contributed by atoms with E-state index < -0.39 is 6.03 Å². The molecule has 10 heteroatoms. The molecule has 1 aliphatic heterocycles. The SMILES string of the molecule is C=C1N(Cc2ccc(F)cc2)C(=O)N=C(NCc2cccnc2NCCOC)N1Cc1ccc(OC)cc1. The van der Waals surface area contributed by atoms with E-state index in [1.165, 1.54) is 17.0 Å². The molecule has 1 aliphatic rings. The molecule has 3 aromatic rings. The van der Waals surface area contributed by atoms with Crippen LogP contribution in [0.3, 0.4) is 0 Å². The van der Waals surface area contributed by atoms with Gasteiger partial charge < -0.3 is 20.1 Å². The number of nitrogens with zero attached hydrogens (tertiary/aromatic N) is 4. The molecule has 4 rings (SSSR count). The van der Waals surface area contributed by atoms with E-state index in [0.29, 0.717) is 38.0 Å². The normalized spacial score (nSPS) is 13.4. The van der Waals surface area contributed by atoms with E-state index in [1.54, 1.807) is 32.5 Å². The predicted molar refractivity (Wildman–Crippen MR) is 144 cm³/mol. The van der Waals surface area contributed by atoms with Gasteiger partial charge in [0.2, 0.25) is 5.96 Å². The number of ether oxygens (including phenoxy) is 2. The van der Waals surface area contributed by atoms with Crippen LogP contribution in [0, 0.1) is 5.82 Å². The minimum Gasteiger partial charge on any atom is -0.497 e. The number of aromatic nitrogens is 1. The number of pyridine rings is 1. The second-order valence-electron chi connectivity index (χ2n) is 8.57. The molecule has 0 saturated carbocycles. The van der Waals surface area contributed by atoms with Gasteiger partial charge in [-0.05, 0) is 41.5 Å². The summed E-state index contributed by atoms with van der Waals surface area (Å²) in [5.74, 6) is 1.96. The molecule has 38 heavy (non-hydrogen) atoms. The first-order chi connectivity index (χ1) is 18.5. The van der Waals surface area contributed by atoms with Crippen LogP contribution in [0.15, 0.2) is 84.3 Å². The van der Waals surface area contributed by atoms with Gasteiger partial charge in [-0.3, -0.25) is 9.80 Å². The molecule has 0 fully saturated rings. The molecule has 1 aromatic heterocycles. The Morgan fingerprint density at radius 1 is 0.947 bits per heavy atom. The zero-order valence-electron chi connectivity index (χ0n) is 21.5. The molecule has 0 aliphatic carbocycles. The number of hydrogen-bond donors (Lipinski definition) is 2. The lowest BCUT2D eigenvalue weighted by molar-refractivity contribution is 0.197. The third kappa shape index (κ3) is 6.65. The molecule has 9 nitrogen and oxygen atoms in total. The van der Waals surface area contributed by atoms with Crippen molar-refractivity contribution in [1.82, 2.24) is 20.1 Å². The van der Waals surface area contributed by atoms with Crippen molar-refractivity contribution in [3.8, 4) is 5.75 Å². The number of halogens is 1. The molecule has 2 amide bonds. The first-order valence-electron chi connectivity index (χ1n) is 12.1. The van der Waals surface area contributed by atoms with Crippen LogP contribution in [-0.4, -0.2) is 54.1 Å². The van der Waals surface area contributed by atoms with Crippen molar-refractivity contribution in [2.45, 2.75) is 19.6 Å². The average molecular weight is 519 g/mol. The molecule has 0 spiro atoms. The number of hydrogen-bond acceptors (Lipinski definition) is 7. The number of anilines is 1. The summed E-state index contributed by atoms with van der Waals surface area (Å²) in [6.45, 7) is 6.37. The molecule has 0 unspecified atom stereocenters. The van der Waals surface area contributed by atoms with Gasteiger partial charge >= 0.3 is 6.03 Å². The van der Waals surface area contributed by atoms with Gasteiger partial charge in [-0.2, -0.15) is 4.99 Å². The van der Waals surface area contributed by atoms with Gasteiger partial charge in [-0.1, -0.05) is 36.9 Å². The number of methoxy groups -OCH3 is 2. The molecular formula is C28H31FN6O3. The Balaban J connectivity index is 1.57. The lowest BCUT2D eigenvalue weighted by Gasteiger charge is -2.37. The van der Waals surface area contributed by atoms with Crippen LogP contribution in [0.2, 0.25) is 0 Å².